The Hall–Kier alpha value is -1.10. The second-order valence-electron chi connectivity index (χ2n) is 5.88. The lowest BCUT2D eigenvalue weighted by Crippen LogP contribution is -2.49. The molecule has 3 rings (SSSR count). The largest absolute Gasteiger partial charge is 0.494 e. The molecule has 0 amide bonds. The number of ether oxygens (including phenoxy) is 2. The smallest absolute Gasteiger partial charge is 0.119 e. The molecular weight excluding hydrogens is 264 g/mol. The van der Waals surface area contributed by atoms with E-state index in [2.05, 4.69) is 34.5 Å². The van der Waals surface area contributed by atoms with Crippen molar-refractivity contribution in [1.29, 1.82) is 0 Å². The standard InChI is InChI=1S/C17H26N2O2/c1-3-20-15-8-4-13(5-9-15)17-16(12-18-2)21-11-10-19(17)14-6-7-14/h4-5,8-9,14,16-18H,3,6-7,10-12H2,1-2H3. The summed E-state index contributed by atoms with van der Waals surface area (Å²) in [4.78, 5) is 2.64. The Morgan fingerprint density at radius 1 is 1.29 bits per heavy atom. The van der Waals surface area contributed by atoms with Crippen molar-refractivity contribution in [3.05, 3.63) is 29.8 Å². The fraction of sp³-hybridized carbons (Fsp3) is 0.647. The SMILES string of the molecule is CCOc1ccc(C2C(CNC)OCCN2C2CC2)cc1. The molecule has 2 fully saturated rings. The molecule has 2 aliphatic rings. The Bertz CT molecular complexity index is 443. The molecule has 2 atom stereocenters. The molecule has 1 aromatic carbocycles. The molecule has 1 saturated carbocycles. The minimum Gasteiger partial charge on any atom is -0.494 e. The van der Waals surface area contributed by atoms with Gasteiger partial charge in [0.15, 0.2) is 0 Å². The van der Waals surface area contributed by atoms with Gasteiger partial charge in [0.1, 0.15) is 5.75 Å². The maximum Gasteiger partial charge on any atom is 0.119 e. The van der Waals surface area contributed by atoms with Crippen LogP contribution >= 0.6 is 0 Å². The van der Waals surface area contributed by atoms with Gasteiger partial charge in [-0.15, -0.1) is 0 Å². The maximum absolute atomic E-state index is 6.04. The fourth-order valence-corrected chi connectivity index (χ4v) is 3.27. The lowest BCUT2D eigenvalue weighted by Gasteiger charge is -2.42. The first-order valence-corrected chi connectivity index (χ1v) is 8.08. The van der Waals surface area contributed by atoms with Crippen molar-refractivity contribution in [1.82, 2.24) is 10.2 Å². The minimum atomic E-state index is 0.224. The van der Waals surface area contributed by atoms with Gasteiger partial charge in [-0.1, -0.05) is 12.1 Å². The molecule has 2 unspecified atom stereocenters. The molecule has 1 saturated heterocycles. The van der Waals surface area contributed by atoms with Crippen LogP contribution in [0.1, 0.15) is 31.4 Å². The molecule has 0 spiro atoms. The number of nitrogens with one attached hydrogen (secondary N) is 1. The van der Waals surface area contributed by atoms with E-state index in [1.807, 2.05) is 14.0 Å². The van der Waals surface area contributed by atoms with Crippen molar-refractivity contribution >= 4 is 0 Å². The van der Waals surface area contributed by atoms with E-state index in [1.54, 1.807) is 0 Å². The summed E-state index contributed by atoms with van der Waals surface area (Å²) in [5.74, 6) is 0.945. The van der Waals surface area contributed by atoms with Gasteiger partial charge in [0.2, 0.25) is 0 Å². The van der Waals surface area contributed by atoms with E-state index in [9.17, 15) is 0 Å². The predicted molar refractivity (Wildman–Crippen MR) is 83.7 cm³/mol. The van der Waals surface area contributed by atoms with Gasteiger partial charge in [-0.05, 0) is 44.5 Å². The Labute approximate surface area is 127 Å². The highest BCUT2D eigenvalue weighted by atomic mass is 16.5. The monoisotopic (exact) mass is 290 g/mol. The second-order valence-corrected chi connectivity index (χ2v) is 5.88. The second kappa shape index (κ2) is 6.77. The van der Waals surface area contributed by atoms with Crippen molar-refractivity contribution in [3.63, 3.8) is 0 Å². The average Bonchev–Trinajstić information content (AvgIpc) is 3.33. The highest BCUT2D eigenvalue weighted by Crippen LogP contribution is 2.39. The Balaban J connectivity index is 1.81. The van der Waals surface area contributed by atoms with Crippen LogP contribution in [0, 0.1) is 0 Å². The number of benzene rings is 1. The predicted octanol–water partition coefficient (Wildman–Crippen LogP) is 2.21. The van der Waals surface area contributed by atoms with Crippen LogP contribution < -0.4 is 10.1 Å². The number of morpholine rings is 1. The molecule has 1 N–H and O–H groups in total. The zero-order valence-corrected chi connectivity index (χ0v) is 13.0. The van der Waals surface area contributed by atoms with Gasteiger partial charge in [-0.2, -0.15) is 0 Å². The van der Waals surface area contributed by atoms with E-state index in [0.29, 0.717) is 12.6 Å². The van der Waals surface area contributed by atoms with Crippen LogP contribution in [0.15, 0.2) is 24.3 Å². The van der Waals surface area contributed by atoms with E-state index in [-0.39, 0.29) is 6.10 Å². The molecule has 4 heteroatoms. The molecule has 0 radical (unpaired) electrons. The maximum atomic E-state index is 6.04. The number of likely N-dealkylation sites (N-methyl/N-ethyl adjacent to an activating group) is 1. The number of hydrogen-bond acceptors (Lipinski definition) is 4. The van der Waals surface area contributed by atoms with E-state index in [1.165, 1.54) is 18.4 Å². The summed E-state index contributed by atoms with van der Waals surface area (Å²) < 4.78 is 11.6. The third-order valence-electron chi connectivity index (χ3n) is 4.34. The number of rotatable bonds is 6. The van der Waals surface area contributed by atoms with Gasteiger partial charge in [0.25, 0.3) is 0 Å². The van der Waals surface area contributed by atoms with E-state index in [4.69, 9.17) is 9.47 Å². The summed E-state index contributed by atoms with van der Waals surface area (Å²) in [6, 6.07) is 9.66. The Kier molecular flexibility index (Phi) is 4.78. The zero-order chi connectivity index (χ0) is 14.7. The summed E-state index contributed by atoms with van der Waals surface area (Å²) in [6.45, 7) is 5.50. The van der Waals surface area contributed by atoms with E-state index < -0.39 is 0 Å². The Morgan fingerprint density at radius 2 is 2.05 bits per heavy atom. The van der Waals surface area contributed by atoms with Crippen molar-refractivity contribution in [3.8, 4) is 5.75 Å². The van der Waals surface area contributed by atoms with Crippen LogP contribution in [0.3, 0.4) is 0 Å². The van der Waals surface area contributed by atoms with Crippen molar-refractivity contribution in [2.24, 2.45) is 0 Å². The summed E-state index contributed by atoms with van der Waals surface area (Å²) in [5, 5.41) is 3.27. The van der Waals surface area contributed by atoms with Crippen molar-refractivity contribution in [2.45, 2.75) is 38.0 Å². The minimum absolute atomic E-state index is 0.224. The van der Waals surface area contributed by atoms with Crippen molar-refractivity contribution in [2.75, 3.05) is 33.4 Å². The van der Waals surface area contributed by atoms with Gasteiger partial charge in [0.05, 0.1) is 25.4 Å². The van der Waals surface area contributed by atoms with E-state index >= 15 is 0 Å². The van der Waals surface area contributed by atoms with Gasteiger partial charge in [0, 0.05) is 19.1 Å². The molecule has 4 nitrogen and oxygen atoms in total. The zero-order valence-electron chi connectivity index (χ0n) is 13.0. The first kappa shape index (κ1) is 14.8. The summed E-state index contributed by atoms with van der Waals surface area (Å²) in [5.41, 5.74) is 1.34. The highest BCUT2D eigenvalue weighted by molar-refractivity contribution is 5.30. The van der Waals surface area contributed by atoms with Crippen LogP contribution in [-0.2, 0) is 4.74 Å². The number of hydrogen-bond donors (Lipinski definition) is 1. The number of nitrogens with zero attached hydrogens (tertiary/aromatic N) is 1. The van der Waals surface area contributed by atoms with Crippen LogP contribution in [0.25, 0.3) is 0 Å². The van der Waals surface area contributed by atoms with Crippen LogP contribution in [0.5, 0.6) is 5.75 Å². The molecule has 0 aromatic heterocycles. The van der Waals surface area contributed by atoms with Crippen LogP contribution in [-0.4, -0.2) is 50.4 Å². The highest BCUT2D eigenvalue weighted by Gasteiger charge is 2.40. The van der Waals surface area contributed by atoms with E-state index in [0.717, 1.165) is 31.5 Å². The molecular formula is C17H26N2O2. The summed E-state index contributed by atoms with van der Waals surface area (Å²) >= 11 is 0. The lowest BCUT2D eigenvalue weighted by molar-refractivity contribution is -0.0740. The third kappa shape index (κ3) is 3.39. The molecule has 21 heavy (non-hydrogen) atoms. The van der Waals surface area contributed by atoms with Gasteiger partial charge in [-0.3, -0.25) is 4.90 Å². The molecule has 116 valence electrons. The fourth-order valence-electron chi connectivity index (χ4n) is 3.27. The normalized spacial score (nSPS) is 26.8. The lowest BCUT2D eigenvalue weighted by atomic mass is 9.97. The first-order valence-electron chi connectivity index (χ1n) is 8.08. The van der Waals surface area contributed by atoms with Gasteiger partial charge in [-0.25, -0.2) is 0 Å². The molecule has 1 heterocycles. The summed E-state index contributed by atoms with van der Waals surface area (Å²) in [7, 11) is 1.99. The topological polar surface area (TPSA) is 33.7 Å². The molecule has 1 aromatic rings. The quantitative estimate of drug-likeness (QED) is 0.871. The molecule has 1 aliphatic carbocycles. The van der Waals surface area contributed by atoms with Crippen molar-refractivity contribution < 1.29 is 9.47 Å². The average molecular weight is 290 g/mol. The molecule has 1 aliphatic heterocycles. The first-order chi connectivity index (χ1) is 10.3. The van der Waals surface area contributed by atoms with Gasteiger partial charge < -0.3 is 14.8 Å². The van der Waals surface area contributed by atoms with Crippen LogP contribution in [0.2, 0.25) is 0 Å². The van der Waals surface area contributed by atoms with Crippen LogP contribution in [0.4, 0.5) is 0 Å². The third-order valence-corrected chi connectivity index (χ3v) is 4.34. The Morgan fingerprint density at radius 3 is 2.67 bits per heavy atom. The van der Waals surface area contributed by atoms with Gasteiger partial charge >= 0.3 is 0 Å². The molecule has 0 bridgehead atoms. The summed E-state index contributed by atoms with van der Waals surface area (Å²) in [6.07, 6.45) is 2.89.